The third-order valence-electron chi connectivity index (χ3n) is 2.68. The van der Waals surface area contributed by atoms with Gasteiger partial charge in [0.05, 0.1) is 9.42 Å². The van der Waals surface area contributed by atoms with E-state index in [1.54, 1.807) is 0 Å². The number of thiol groups is 4. The number of halogens is 2. The Morgan fingerprint density at radius 2 is 1.04 bits per heavy atom. The maximum atomic E-state index is 10.1. The average molecular weight is 528 g/mol. The van der Waals surface area contributed by atoms with Crippen LogP contribution < -0.4 is 0 Å². The average Bonchev–Trinajstić information content (AvgIpc) is 2.47. The largest absolute Gasteiger partial charge is 0.363 e. The van der Waals surface area contributed by atoms with Gasteiger partial charge in [0, 0.05) is 11.5 Å². The minimum atomic E-state index is -2.10. The van der Waals surface area contributed by atoms with Crippen molar-refractivity contribution in [2.75, 3.05) is 23.0 Å². The molecule has 0 rings (SSSR count). The van der Waals surface area contributed by atoms with Gasteiger partial charge in [-0.3, -0.25) is 0 Å². The second-order valence-electron chi connectivity index (χ2n) is 5.15. The summed E-state index contributed by atoms with van der Waals surface area (Å²) in [6.45, 7) is 0. The first-order valence-corrected chi connectivity index (χ1v) is 13.3. The van der Waals surface area contributed by atoms with Gasteiger partial charge >= 0.3 is 0 Å². The summed E-state index contributed by atoms with van der Waals surface area (Å²) in [4.78, 5) is 0. The Morgan fingerprint density at radius 1 is 0.720 bits per heavy atom. The Balaban J connectivity index is 4.31. The lowest BCUT2D eigenvalue weighted by Gasteiger charge is -2.33. The molecule has 152 valence electrons. The minimum absolute atomic E-state index is 0.00368. The van der Waals surface area contributed by atoms with Crippen LogP contribution in [0.15, 0.2) is 0 Å². The minimum Gasteiger partial charge on any atom is -0.363 e. The molecule has 0 fully saturated rings. The number of hydrogen-bond donors (Lipinski definition) is 8. The number of aliphatic hydroxyl groups is 4. The maximum absolute atomic E-state index is 10.1. The van der Waals surface area contributed by atoms with Crippen LogP contribution in [0.4, 0.5) is 0 Å². The molecule has 0 aromatic rings. The third kappa shape index (κ3) is 13.7. The Morgan fingerprint density at radius 3 is 1.32 bits per heavy atom. The standard InChI is InChI=1S/C12H24Cl2O4S7/c13-7(19)1-3-23-5-11(15,16)9(21)25-10(22)12(17,18)6-24-4-2-8(14)20/h7-10,15-22H,1-6H2. The van der Waals surface area contributed by atoms with E-state index in [1.807, 2.05) is 0 Å². The zero-order chi connectivity index (χ0) is 19.7. The van der Waals surface area contributed by atoms with Crippen LogP contribution >= 0.6 is 109 Å². The van der Waals surface area contributed by atoms with Crippen LogP contribution in [-0.4, -0.2) is 73.6 Å². The zero-order valence-electron chi connectivity index (χ0n) is 13.1. The molecule has 25 heavy (non-hydrogen) atoms. The van der Waals surface area contributed by atoms with E-state index in [2.05, 4.69) is 50.5 Å². The van der Waals surface area contributed by atoms with Crippen LogP contribution in [0.5, 0.6) is 0 Å². The highest BCUT2D eigenvalue weighted by Gasteiger charge is 2.40. The summed E-state index contributed by atoms with van der Waals surface area (Å²) in [7, 11) is 0. The predicted molar refractivity (Wildman–Crippen MR) is 129 cm³/mol. The van der Waals surface area contributed by atoms with Crippen molar-refractivity contribution in [2.24, 2.45) is 0 Å². The molecule has 0 aromatic carbocycles. The fraction of sp³-hybridized carbons (Fsp3) is 1.00. The molecule has 4 N–H and O–H groups in total. The van der Waals surface area contributed by atoms with Crippen LogP contribution in [0.2, 0.25) is 0 Å². The molecule has 0 spiro atoms. The van der Waals surface area contributed by atoms with E-state index in [0.717, 1.165) is 11.8 Å². The molecule has 4 atom stereocenters. The smallest absolute Gasteiger partial charge is 0.193 e. The topological polar surface area (TPSA) is 80.9 Å². The third-order valence-corrected chi connectivity index (χ3v) is 8.77. The van der Waals surface area contributed by atoms with Gasteiger partial charge in [-0.1, -0.05) is 0 Å². The zero-order valence-corrected chi connectivity index (χ0v) is 20.6. The first kappa shape index (κ1) is 27.9. The second kappa shape index (κ2) is 14.0. The van der Waals surface area contributed by atoms with E-state index < -0.39 is 20.7 Å². The molecule has 13 heteroatoms. The van der Waals surface area contributed by atoms with E-state index in [-0.39, 0.29) is 20.9 Å². The van der Waals surface area contributed by atoms with Gasteiger partial charge in [-0.2, -0.15) is 74.0 Å². The van der Waals surface area contributed by atoms with Gasteiger partial charge < -0.3 is 20.4 Å². The fourth-order valence-electron chi connectivity index (χ4n) is 1.29. The predicted octanol–water partition coefficient (Wildman–Crippen LogP) is 2.83. The van der Waals surface area contributed by atoms with Crippen molar-refractivity contribution < 1.29 is 20.4 Å². The molecule has 0 heterocycles. The van der Waals surface area contributed by atoms with Gasteiger partial charge in [0.2, 0.25) is 0 Å². The second-order valence-corrected chi connectivity index (χ2v) is 13.2. The van der Waals surface area contributed by atoms with Gasteiger partial charge in [-0.15, -0.1) is 35.0 Å². The number of alkyl halides is 2. The van der Waals surface area contributed by atoms with Crippen molar-refractivity contribution in [3.05, 3.63) is 0 Å². The van der Waals surface area contributed by atoms with Crippen molar-refractivity contribution in [1.82, 2.24) is 0 Å². The lowest BCUT2D eigenvalue weighted by atomic mass is 10.4. The molecule has 0 radical (unpaired) electrons. The van der Waals surface area contributed by atoms with Crippen LogP contribution in [0.3, 0.4) is 0 Å². The fourth-order valence-corrected chi connectivity index (χ4v) is 6.91. The number of hydrogen-bond acceptors (Lipinski definition) is 11. The molecule has 0 saturated heterocycles. The molecule has 4 nitrogen and oxygen atoms in total. The SMILES string of the molecule is OC(O)(CSCCC(S)Cl)C(S)SC(S)C(O)(O)CSCCC(S)Cl. The van der Waals surface area contributed by atoms with Crippen LogP contribution in [0, 0.1) is 0 Å². The van der Waals surface area contributed by atoms with E-state index in [4.69, 9.17) is 23.2 Å². The monoisotopic (exact) mass is 526 g/mol. The summed E-state index contributed by atoms with van der Waals surface area (Å²) in [6.07, 6.45) is 1.24. The van der Waals surface area contributed by atoms with Gasteiger partial charge in [0.1, 0.15) is 9.16 Å². The molecular weight excluding hydrogens is 504 g/mol. The van der Waals surface area contributed by atoms with E-state index in [9.17, 15) is 20.4 Å². The molecule has 0 aliphatic rings. The van der Waals surface area contributed by atoms with Gasteiger partial charge in [-0.25, -0.2) is 0 Å². The summed E-state index contributed by atoms with van der Waals surface area (Å²) in [5.41, 5.74) is 0. The Kier molecular flexibility index (Phi) is 15.6. The van der Waals surface area contributed by atoms with Crippen LogP contribution in [0.25, 0.3) is 0 Å². The van der Waals surface area contributed by atoms with E-state index in [1.165, 1.54) is 23.5 Å². The normalized spacial score (nSPS) is 18.0. The number of rotatable bonds is 14. The molecular formula is C12H24Cl2O4S7. The molecule has 0 aliphatic carbocycles. The molecule has 0 saturated carbocycles. The van der Waals surface area contributed by atoms with Crippen molar-refractivity contribution in [2.45, 2.75) is 43.0 Å². The summed E-state index contributed by atoms with van der Waals surface area (Å²) in [5.74, 6) is -2.96. The van der Waals surface area contributed by atoms with Crippen molar-refractivity contribution in [3.8, 4) is 0 Å². The number of thioether (sulfide) groups is 3. The summed E-state index contributed by atoms with van der Waals surface area (Å²) >= 11 is 31.3. The molecule has 0 bridgehead atoms. The lowest BCUT2D eigenvalue weighted by Crippen LogP contribution is -2.45. The highest BCUT2D eigenvalue weighted by atomic mass is 35.5. The maximum Gasteiger partial charge on any atom is 0.193 e. The molecule has 0 aromatic heterocycles. The first-order chi connectivity index (χ1) is 11.4. The van der Waals surface area contributed by atoms with Crippen molar-refractivity contribution in [1.29, 1.82) is 0 Å². The summed E-state index contributed by atoms with van der Waals surface area (Å²) in [5, 5.41) is 40.4. The van der Waals surface area contributed by atoms with Crippen LogP contribution in [-0.2, 0) is 0 Å². The van der Waals surface area contributed by atoms with Gasteiger partial charge in [0.15, 0.2) is 11.6 Å². The van der Waals surface area contributed by atoms with E-state index in [0.29, 0.717) is 24.3 Å². The highest BCUT2D eigenvalue weighted by Crippen LogP contribution is 2.37. The summed E-state index contributed by atoms with van der Waals surface area (Å²) in [6, 6.07) is 0. The highest BCUT2D eigenvalue weighted by molar-refractivity contribution is 8.17. The van der Waals surface area contributed by atoms with Crippen LogP contribution in [0.1, 0.15) is 12.8 Å². The lowest BCUT2D eigenvalue weighted by molar-refractivity contribution is -0.129. The van der Waals surface area contributed by atoms with Crippen molar-refractivity contribution >= 4 is 109 Å². The quantitative estimate of drug-likeness (QED) is 0.0764. The van der Waals surface area contributed by atoms with Gasteiger partial charge in [0.25, 0.3) is 0 Å². The summed E-state index contributed by atoms with van der Waals surface area (Å²) < 4.78 is -2.50. The Hall–Kier alpha value is 2.87. The Labute approximate surface area is 194 Å². The van der Waals surface area contributed by atoms with Crippen molar-refractivity contribution in [3.63, 3.8) is 0 Å². The van der Waals surface area contributed by atoms with E-state index >= 15 is 0 Å². The van der Waals surface area contributed by atoms with Gasteiger partial charge in [-0.05, 0) is 24.3 Å². The molecule has 0 amide bonds. The molecule has 4 unspecified atom stereocenters. The molecule has 0 aliphatic heterocycles. The Bertz CT molecular complexity index is 332. The first-order valence-electron chi connectivity index (χ1n) is 7.09.